The molecule has 0 aliphatic carbocycles. The Labute approximate surface area is 210 Å². The Bertz CT molecular complexity index is 1160. The highest BCUT2D eigenvalue weighted by molar-refractivity contribution is 5.69. The summed E-state index contributed by atoms with van der Waals surface area (Å²) in [5.74, 6) is 1.74. The molecule has 10 nitrogen and oxygen atoms in total. The number of hydrogen-bond acceptors (Lipinski definition) is 9. The molecule has 0 unspecified atom stereocenters. The van der Waals surface area contributed by atoms with Crippen LogP contribution in [0.15, 0.2) is 53.1 Å². The third kappa shape index (κ3) is 4.94. The molecule has 1 amide bonds. The maximum atomic E-state index is 13.2. The number of benzene rings is 2. The van der Waals surface area contributed by atoms with Crippen LogP contribution in [0.2, 0.25) is 0 Å². The number of ether oxygens (including phenoxy) is 3. The molecular formula is C26H31N5O5. The molecule has 3 aromatic rings. The number of carbonyl (C=O) groups excluding carboxylic acids is 1. The van der Waals surface area contributed by atoms with Crippen LogP contribution >= 0.6 is 0 Å². The Hall–Kier alpha value is -3.79. The van der Waals surface area contributed by atoms with Crippen LogP contribution in [0.25, 0.3) is 11.4 Å². The summed E-state index contributed by atoms with van der Waals surface area (Å²) in [4.78, 5) is 21.8. The first-order valence-electron chi connectivity index (χ1n) is 12.1. The number of anilines is 1. The molecule has 2 aromatic carbocycles. The lowest BCUT2D eigenvalue weighted by atomic mass is 9.84. The zero-order valence-corrected chi connectivity index (χ0v) is 20.6. The van der Waals surface area contributed by atoms with Crippen LogP contribution < -0.4 is 19.7 Å². The Kier molecular flexibility index (Phi) is 6.95. The van der Waals surface area contributed by atoms with Gasteiger partial charge in [0.25, 0.3) is 0 Å². The first-order valence-corrected chi connectivity index (χ1v) is 12.1. The van der Waals surface area contributed by atoms with E-state index in [1.165, 1.54) is 0 Å². The van der Waals surface area contributed by atoms with Gasteiger partial charge in [0.1, 0.15) is 18.1 Å². The average Bonchev–Trinajstić information content (AvgIpc) is 3.43. The number of aromatic nitrogens is 2. The van der Waals surface area contributed by atoms with E-state index in [9.17, 15) is 4.79 Å². The molecule has 5 rings (SSSR count). The van der Waals surface area contributed by atoms with Crippen LogP contribution in [0.1, 0.15) is 18.4 Å². The van der Waals surface area contributed by atoms with Crippen LogP contribution in [-0.2, 0) is 11.3 Å². The number of methoxy groups -OCH3 is 2. The highest BCUT2D eigenvalue weighted by Gasteiger charge is 2.46. The zero-order chi connectivity index (χ0) is 25.0. The second-order valence-corrected chi connectivity index (χ2v) is 9.09. The van der Waals surface area contributed by atoms with Gasteiger partial charge in [-0.3, -0.25) is 4.90 Å². The van der Waals surface area contributed by atoms with Gasteiger partial charge in [-0.05, 0) is 43.6 Å². The number of nitrogens with one attached hydrogen (secondary N) is 1. The van der Waals surface area contributed by atoms with Crippen molar-refractivity contribution >= 4 is 12.1 Å². The number of carbonyl (C=O) groups is 1. The Balaban J connectivity index is 1.33. The van der Waals surface area contributed by atoms with Crippen molar-refractivity contribution in [3.63, 3.8) is 0 Å². The summed E-state index contributed by atoms with van der Waals surface area (Å²) in [6, 6.07) is 15.6. The zero-order valence-electron chi connectivity index (χ0n) is 20.6. The third-order valence-electron chi connectivity index (χ3n) is 6.91. The van der Waals surface area contributed by atoms with E-state index < -0.39 is 0 Å². The summed E-state index contributed by atoms with van der Waals surface area (Å²) < 4.78 is 22.1. The molecule has 2 aliphatic heterocycles. The number of hydrogen-bond donors (Lipinski definition) is 1. The lowest BCUT2D eigenvalue weighted by Gasteiger charge is -2.51. The molecule has 2 aliphatic rings. The minimum absolute atomic E-state index is 0.255. The van der Waals surface area contributed by atoms with Crippen LogP contribution in [0.5, 0.6) is 11.5 Å². The van der Waals surface area contributed by atoms with E-state index >= 15 is 0 Å². The normalized spacial score (nSPS) is 17.2. The summed E-state index contributed by atoms with van der Waals surface area (Å²) in [6.45, 7) is 3.59. The molecule has 2 fully saturated rings. The molecule has 1 spiro atoms. The van der Waals surface area contributed by atoms with Crippen LogP contribution in [-0.4, -0.2) is 73.6 Å². The fourth-order valence-corrected chi connectivity index (χ4v) is 4.94. The van der Waals surface area contributed by atoms with E-state index in [4.69, 9.17) is 18.7 Å². The largest absolute Gasteiger partial charge is 0.497 e. The first-order chi connectivity index (χ1) is 17.6. The van der Waals surface area contributed by atoms with Gasteiger partial charge >= 0.3 is 12.1 Å². The predicted molar refractivity (Wildman–Crippen MR) is 133 cm³/mol. The summed E-state index contributed by atoms with van der Waals surface area (Å²) >= 11 is 0. The van der Waals surface area contributed by atoms with Crippen molar-refractivity contribution < 1.29 is 23.5 Å². The van der Waals surface area contributed by atoms with Crippen molar-refractivity contribution in [3.8, 4) is 22.9 Å². The van der Waals surface area contributed by atoms with Crippen molar-refractivity contribution in [2.45, 2.75) is 25.0 Å². The number of rotatable bonds is 6. The quantitative estimate of drug-likeness (QED) is 0.554. The minimum Gasteiger partial charge on any atom is -0.497 e. The van der Waals surface area contributed by atoms with Gasteiger partial charge in [-0.1, -0.05) is 35.5 Å². The van der Waals surface area contributed by atoms with Gasteiger partial charge in [0.15, 0.2) is 0 Å². The Morgan fingerprint density at radius 2 is 1.78 bits per heavy atom. The predicted octanol–water partition coefficient (Wildman–Crippen LogP) is 3.33. The summed E-state index contributed by atoms with van der Waals surface area (Å²) in [6.07, 6.45) is 1.35. The molecule has 190 valence electrons. The molecule has 0 saturated carbocycles. The van der Waals surface area contributed by atoms with Gasteiger partial charge < -0.3 is 29.0 Å². The monoisotopic (exact) mass is 493 g/mol. The van der Waals surface area contributed by atoms with Crippen LogP contribution in [0.3, 0.4) is 0 Å². The maximum Gasteiger partial charge on any atom is 0.410 e. The highest BCUT2D eigenvalue weighted by atomic mass is 16.6. The second-order valence-electron chi connectivity index (χ2n) is 9.09. The Morgan fingerprint density at radius 1 is 1.06 bits per heavy atom. The van der Waals surface area contributed by atoms with Crippen molar-refractivity contribution in [3.05, 3.63) is 54.1 Å². The lowest BCUT2D eigenvalue weighted by Crippen LogP contribution is -2.67. The number of piperidine rings is 1. The van der Waals surface area contributed by atoms with Gasteiger partial charge in [-0.25, -0.2) is 4.79 Å². The van der Waals surface area contributed by atoms with Gasteiger partial charge in [-0.2, -0.15) is 4.98 Å². The molecule has 0 radical (unpaired) electrons. The summed E-state index contributed by atoms with van der Waals surface area (Å²) in [5, 5.41) is 7.61. The van der Waals surface area contributed by atoms with E-state index in [1.807, 2.05) is 47.4 Å². The van der Waals surface area contributed by atoms with E-state index in [-0.39, 0.29) is 18.2 Å². The smallest absolute Gasteiger partial charge is 0.410 e. The Morgan fingerprint density at radius 3 is 2.47 bits per heavy atom. The molecule has 3 heterocycles. The average molecular weight is 494 g/mol. The van der Waals surface area contributed by atoms with E-state index in [0.29, 0.717) is 43.0 Å². The standard InChI is InChI=1S/C26H31N5O5/c1-33-21-14-20(15-22(16-21)34-2)23-28-24(36-29-23)30-12-13-31(26(18-30)8-10-27-11-9-26)25(32)35-17-19-6-4-3-5-7-19/h3-7,14-16,27H,8-13,17-18H2,1-2H3. The van der Waals surface area contributed by atoms with Crippen molar-refractivity contribution in [1.82, 2.24) is 20.4 Å². The highest BCUT2D eigenvalue weighted by Crippen LogP contribution is 2.34. The lowest BCUT2D eigenvalue weighted by molar-refractivity contribution is 0.0217. The van der Waals surface area contributed by atoms with E-state index in [2.05, 4.69) is 20.4 Å². The topological polar surface area (TPSA) is 102 Å². The second kappa shape index (κ2) is 10.4. The third-order valence-corrected chi connectivity index (χ3v) is 6.91. The first kappa shape index (κ1) is 23.9. The van der Waals surface area contributed by atoms with Crippen molar-refractivity contribution in [2.75, 3.05) is 51.8 Å². The summed E-state index contributed by atoms with van der Waals surface area (Å²) in [7, 11) is 3.20. The number of nitrogens with zero attached hydrogens (tertiary/aromatic N) is 4. The molecule has 36 heavy (non-hydrogen) atoms. The van der Waals surface area contributed by atoms with Gasteiger partial charge in [0, 0.05) is 31.3 Å². The number of piperazine rings is 1. The van der Waals surface area contributed by atoms with Crippen molar-refractivity contribution in [2.24, 2.45) is 0 Å². The molecule has 10 heteroatoms. The fraction of sp³-hybridized carbons (Fsp3) is 0.423. The SMILES string of the molecule is COc1cc(OC)cc(-c2noc(N3CCN(C(=O)OCc4ccccc4)C4(CCNCC4)C3)n2)c1. The molecule has 1 N–H and O–H groups in total. The van der Waals surface area contributed by atoms with E-state index in [0.717, 1.165) is 37.1 Å². The molecule has 1 aromatic heterocycles. The van der Waals surface area contributed by atoms with Crippen molar-refractivity contribution in [1.29, 1.82) is 0 Å². The molecule has 0 atom stereocenters. The van der Waals surface area contributed by atoms with Crippen LogP contribution in [0.4, 0.5) is 10.8 Å². The summed E-state index contributed by atoms with van der Waals surface area (Å²) in [5.41, 5.74) is 1.34. The minimum atomic E-state index is -0.370. The van der Waals surface area contributed by atoms with Gasteiger partial charge in [-0.15, -0.1) is 0 Å². The van der Waals surface area contributed by atoms with Gasteiger partial charge in [0.2, 0.25) is 5.82 Å². The van der Waals surface area contributed by atoms with E-state index in [1.54, 1.807) is 20.3 Å². The molecule has 0 bridgehead atoms. The number of amides is 1. The van der Waals surface area contributed by atoms with Gasteiger partial charge in [0.05, 0.1) is 19.8 Å². The molecule has 2 saturated heterocycles. The maximum absolute atomic E-state index is 13.2. The molecular weight excluding hydrogens is 462 g/mol. The fourth-order valence-electron chi connectivity index (χ4n) is 4.94. The van der Waals surface area contributed by atoms with Crippen LogP contribution in [0, 0.1) is 0 Å².